The average molecular weight is 493 g/mol. The number of aromatic nitrogens is 4. The molecule has 1 aromatic carbocycles. The van der Waals surface area contributed by atoms with E-state index in [0.29, 0.717) is 17.1 Å². The minimum atomic E-state index is -4.44. The molecule has 184 valence electrons. The van der Waals surface area contributed by atoms with Crippen molar-refractivity contribution in [3.8, 4) is 11.6 Å². The summed E-state index contributed by atoms with van der Waals surface area (Å²) in [6.07, 6.45) is 4.84. The lowest BCUT2D eigenvalue weighted by Gasteiger charge is -2.25. The van der Waals surface area contributed by atoms with Crippen LogP contribution in [0.5, 0.6) is 11.6 Å². The van der Waals surface area contributed by atoms with Crippen LogP contribution in [-0.2, 0) is 6.18 Å². The van der Waals surface area contributed by atoms with Crippen LogP contribution in [0.3, 0.4) is 0 Å². The first-order valence-corrected chi connectivity index (χ1v) is 11.5. The van der Waals surface area contributed by atoms with Crippen LogP contribution < -0.4 is 10.1 Å². The molecule has 5 rings (SSSR count). The molecule has 0 unspecified atom stereocenters. The van der Waals surface area contributed by atoms with Gasteiger partial charge in [0.1, 0.15) is 11.4 Å². The van der Waals surface area contributed by atoms with Gasteiger partial charge in [0.15, 0.2) is 5.65 Å². The van der Waals surface area contributed by atoms with Gasteiger partial charge in [-0.25, -0.2) is 14.5 Å². The van der Waals surface area contributed by atoms with E-state index < -0.39 is 11.7 Å². The summed E-state index contributed by atoms with van der Waals surface area (Å²) in [6.45, 7) is 0. The molecule has 0 radical (unpaired) electrons. The lowest BCUT2D eigenvalue weighted by molar-refractivity contribution is -0.137. The molecule has 0 aliphatic heterocycles. The van der Waals surface area contributed by atoms with Crippen LogP contribution >= 0.6 is 0 Å². The van der Waals surface area contributed by atoms with E-state index in [1.54, 1.807) is 24.4 Å². The largest absolute Gasteiger partial charge is 0.439 e. The van der Waals surface area contributed by atoms with Crippen molar-refractivity contribution in [2.45, 2.75) is 37.9 Å². The topological polar surface area (TPSA) is 81.4 Å². The number of carbonyl (C=O) groups excluding carboxylic acids is 1. The smallest absolute Gasteiger partial charge is 0.417 e. The van der Waals surface area contributed by atoms with Crippen LogP contribution in [0.1, 0.15) is 47.3 Å². The zero-order chi connectivity index (χ0) is 25.1. The molecule has 0 saturated heterocycles. The fourth-order valence-electron chi connectivity index (χ4n) is 4.15. The maximum atomic E-state index is 12.7. The number of ether oxygens (including phenoxy) is 1. The van der Waals surface area contributed by atoms with Crippen molar-refractivity contribution in [3.63, 3.8) is 0 Å². The minimum absolute atomic E-state index is 0.0596. The van der Waals surface area contributed by atoms with Gasteiger partial charge in [-0.2, -0.15) is 18.3 Å². The van der Waals surface area contributed by atoms with Crippen molar-refractivity contribution >= 4 is 17.6 Å². The van der Waals surface area contributed by atoms with E-state index in [1.165, 1.54) is 22.4 Å². The van der Waals surface area contributed by atoms with Gasteiger partial charge in [0, 0.05) is 24.5 Å². The van der Waals surface area contributed by atoms with Crippen molar-refractivity contribution in [2.24, 2.45) is 0 Å². The Morgan fingerprint density at radius 2 is 1.89 bits per heavy atom. The number of nitrogens with one attached hydrogen (secondary N) is 1. The number of amides is 1. The van der Waals surface area contributed by atoms with Crippen molar-refractivity contribution < 1.29 is 22.7 Å². The van der Waals surface area contributed by atoms with Crippen LogP contribution in [0.4, 0.5) is 13.2 Å². The third-order valence-electron chi connectivity index (χ3n) is 5.99. The Balaban J connectivity index is 1.18. The van der Waals surface area contributed by atoms with E-state index in [1.807, 2.05) is 18.2 Å². The number of hydrogen-bond acceptors (Lipinski definition) is 5. The lowest BCUT2D eigenvalue weighted by atomic mass is 9.89. The zero-order valence-corrected chi connectivity index (χ0v) is 19.1. The summed E-state index contributed by atoms with van der Waals surface area (Å²) in [6, 6.07) is 13.1. The molecule has 10 heteroatoms. The number of pyridine rings is 1. The molecular formula is C26H22F3N5O2. The number of alkyl halides is 3. The van der Waals surface area contributed by atoms with Gasteiger partial charge >= 0.3 is 6.18 Å². The molecule has 1 amide bonds. The Bertz CT molecular complexity index is 1400. The van der Waals surface area contributed by atoms with Crippen LogP contribution in [0.2, 0.25) is 0 Å². The molecule has 1 aliphatic carbocycles. The second-order valence-corrected chi connectivity index (χ2v) is 8.54. The fourth-order valence-corrected chi connectivity index (χ4v) is 4.15. The number of halogens is 3. The number of carbonyl (C=O) groups is 1. The maximum Gasteiger partial charge on any atom is 0.417 e. The quantitative estimate of drug-likeness (QED) is 0.386. The van der Waals surface area contributed by atoms with Gasteiger partial charge in [-0.15, -0.1) is 0 Å². The summed E-state index contributed by atoms with van der Waals surface area (Å²) < 4.78 is 45.3. The lowest BCUT2D eigenvalue weighted by Crippen LogP contribution is -2.37. The van der Waals surface area contributed by atoms with E-state index in [9.17, 15) is 18.0 Å². The molecule has 36 heavy (non-hydrogen) atoms. The van der Waals surface area contributed by atoms with E-state index in [-0.39, 0.29) is 17.8 Å². The van der Waals surface area contributed by atoms with Crippen molar-refractivity contribution in [1.82, 2.24) is 24.9 Å². The average Bonchev–Trinajstić information content (AvgIpc) is 3.30. The highest BCUT2D eigenvalue weighted by Crippen LogP contribution is 2.31. The molecule has 7 nitrogen and oxygen atoms in total. The van der Waals surface area contributed by atoms with Crippen molar-refractivity contribution in [3.05, 3.63) is 89.5 Å². The first-order chi connectivity index (χ1) is 17.3. The Morgan fingerprint density at radius 3 is 2.64 bits per heavy atom. The third-order valence-corrected chi connectivity index (χ3v) is 5.99. The monoisotopic (exact) mass is 493 g/mol. The molecule has 0 atom stereocenters. The third kappa shape index (κ3) is 5.37. The summed E-state index contributed by atoms with van der Waals surface area (Å²) in [5.74, 6) is 0.379. The molecule has 1 fully saturated rings. The van der Waals surface area contributed by atoms with E-state index in [2.05, 4.69) is 26.5 Å². The molecule has 3 heterocycles. The van der Waals surface area contributed by atoms with Gasteiger partial charge in [0.25, 0.3) is 5.91 Å². The van der Waals surface area contributed by atoms with Crippen LogP contribution in [0.15, 0.2) is 72.7 Å². The Hall–Kier alpha value is -4.21. The second-order valence-electron chi connectivity index (χ2n) is 8.54. The van der Waals surface area contributed by atoms with Gasteiger partial charge in [0.05, 0.1) is 11.8 Å². The molecule has 0 spiro atoms. The van der Waals surface area contributed by atoms with E-state index >= 15 is 0 Å². The standard InChI is InChI=1S/C26H22F3N5O2/c27-26(28,29)19-8-11-24(31-15-19)36-21-4-1-3-18(14-21)13-17-6-9-20(10-7-17)33-25(35)22-16-30-23-5-2-12-32-34(22)23/h1-5,8,11-16,20H,6-7,9-10H2,(H,33,35). The second kappa shape index (κ2) is 9.80. The summed E-state index contributed by atoms with van der Waals surface area (Å²) in [7, 11) is 0. The predicted molar refractivity (Wildman–Crippen MR) is 126 cm³/mol. The first kappa shape index (κ1) is 23.5. The molecule has 1 aliphatic rings. The van der Waals surface area contributed by atoms with Crippen molar-refractivity contribution in [2.75, 3.05) is 0 Å². The highest BCUT2D eigenvalue weighted by Gasteiger charge is 2.30. The molecule has 3 aromatic heterocycles. The van der Waals surface area contributed by atoms with E-state index in [4.69, 9.17) is 4.74 Å². The molecule has 1 N–H and O–H groups in total. The number of rotatable bonds is 5. The number of imidazole rings is 1. The fraction of sp³-hybridized carbons (Fsp3) is 0.231. The van der Waals surface area contributed by atoms with Crippen LogP contribution in [0, 0.1) is 0 Å². The SMILES string of the molecule is O=C(NC1CCC(=Cc2cccc(Oc3ccc(C(F)(F)F)cn3)c2)CC1)c1cnc2cccnn12. The summed E-state index contributed by atoms with van der Waals surface area (Å²) in [4.78, 5) is 20.7. The number of fused-ring (bicyclic) bond motifs is 1. The molecule has 0 bridgehead atoms. The number of hydrogen-bond donors (Lipinski definition) is 1. The van der Waals surface area contributed by atoms with Gasteiger partial charge in [-0.3, -0.25) is 4.79 Å². The number of allylic oxidation sites excluding steroid dienone is 1. The Kier molecular flexibility index (Phi) is 6.41. The minimum Gasteiger partial charge on any atom is -0.439 e. The summed E-state index contributed by atoms with van der Waals surface area (Å²) in [5, 5.41) is 7.27. The van der Waals surface area contributed by atoms with Gasteiger partial charge in [-0.1, -0.05) is 23.8 Å². The van der Waals surface area contributed by atoms with Gasteiger partial charge in [-0.05, 0) is 61.6 Å². The van der Waals surface area contributed by atoms with Gasteiger partial charge < -0.3 is 10.1 Å². The Morgan fingerprint density at radius 1 is 1.06 bits per heavy atom. The summed E-state index contributed by atoms with van der Waals surface area (Å²) >= 11 is 0. The maximum absolute atomic E-state index is 12.7. The Labute approximate surface area is 204 Å². The highest BCUT2D eigenvalue weighted by atomic mass is 19.4. The molecule has 4 aromatic rings. The molecular weight excluding hydrogens is 471 g/mol. The highest BCUT2D eigenvalue weighted by molar-refractivity contribution is 5.93. The number of nitrogens with zero attached hydrogens (tertiary/aromatic N) is 4. The van der Waals surface area contributed by atoms with Gasteiger partial charge in [0.2, 0.25) is 5.88 Å². The zero-order valence-electron chi connectivity index (χ0n) is 19.1. The molecule has 1 saturated carbocycles. The number of benzene rings is 1. The van der Waals surface area contributed by atoms with Crippen molar-refractivity contribution in [1.29, 1.82) is 0 Å². The first-order valence-electron chi connectivity index (χ1n) is 11.5. The van der Waals surface area contributed by atoms with Crippen LogP contribution in [0.25, 0.3) is 11.7 Å². The predicted octanol–water partition coefficient (Wildman–Crippen LogP) is 5.69. The van der Waals surface area contributed by atoms with Crippen LogP contribution in [-0.4, -0.2) is 31.5 Å². The van der Waals surface area contributed by atoms with E-state index in [0.717, 1.165) is 43.5 Å². The normalized spacial score (nSPS) is 16.1. The summed E-state index contributed by atoms with van der Waals surface area (Å²) in [5.41, 5.74) is 2.38.